The first-order valence-corrected chi connectivity index (χ1v) is 7.23. The fraction of sp³-hybridized carbons (Fsp3) is 0.625. The molecule has 1 fully saturated rings. The van der Waals surface area contributed by atoms with Crippen molar-refractivity contribution in [3.05, 3.63) is 23.8 Å². The molecule has 20 heavy (non-hydrogen) atoms. The van der Waals surface area contributed by atoms with Crippen LogP contribution in [0.3, 0.4) is 0 Å². The molecule has 1 aliphatic rings. The van der Waals surface area contributed by atoms with E-state index in [1.807, 2.05) is 6.07 Å². The van der Waals surface area contributed by atoms with E-state index < -0.39 is 0 Å². The summed E-state index contributed by atoms with van der Waals surface area (Å²) in [6, 6.07) is 5.42. The van der Waals surface area contributed by atoms with Gasteiger partial charge in [-0.05, 0) is 39.0 Å². The molecule has 0 saturated carbocycles. The van der Waals surface area contributed by atoms with E-state index in [1.54, 1.807) is 19.2 Å². The molecule has 0 amide bonds. The van der Waals surface area contributed by atoms with Gasteiger partial charge in [-0.2, -0.15) is 0 Å². The van der Waals surface area contributed by atoms with E-state index in [4.69, 9.17) is 4.74 Å². The van der Waals surface area contributed by atoms with Crippen molar-refractivity contribution in [3.63, 3.8) is 0 Å². The van der Waals surface area contributed by atoms with Crippen LogP contribution in [0, 0.1) is 0 Å². The smallest absolute Gasteiger partial charge is 0.120 e. The van der Waals surface area contributed by atoms with Crippen LogP contribution in [0.1, 0.15) is 26.3 Å². The van der Waals surface area contributed by atoms with E-state index in [-0.39, 0.29) is 5.54 Å². The Bertz CT molecular complexity index is 446. The Morgan fingerprint density at radius 1 is 1.15 bits per heavy atom. The van der Waals surface area contributed by atoms with Crippen LogP contribution >= 0.6 is 0 Å². The van der Waals surface area contributed by atoms with Crippen LogP contribution in [-0.4, -0.2) is 53.7 Å². The van der Waals surface area contributed by atoms with E-state index in [0.717, 1.165) is 44.0 Å². The average molecular weight is 278 g/mol. The molecule has 0 radical (unpaired) electrons. The van der Waals surface area contributed by atoms with Crippen molar-refractivity contribution in [1.29, 1.82) is 0 Å². The highest BCUT2D eigenvalue weighted by Gasteiger charge is 2.25. The van der Waals surface area contributed by atoms with Crippen molar-refractivity contribution in [3.8, 4) is 11.5 Å². The van der Waals surface area contributed by atoms with Gasteiger partial charge in [-0.1, -0.05) is 0 Å². The van der Waals surface area contributed by atoms with Crippen LogP contribution in [-0.2, 0) is 6.54 Å². The van der Waals surface area contributed by atoms with Crippen molar-refractivity contribution in [2.45, 2.75) is 32.9 Å². The average Bonchev–Trinajstić information content (AvgIpc) is 2.41. The van der Waals surface area contributed by atoms with Crippen LogP contribution < -0.4 is 4.74 Å². The van der Waals surface area contributed by atoms with Crippen LogP contribution in [0.25, 0.3) is 0 Å². The molecule has 0 aliphatic carbocycles. The molecule has 1 saturated heterocycles. The quantitative estimate of drug-likeness (QED) is 0.920. The maximum atomic E-state index is 9.95. The second kappa shape index (κ2) is 6.02. The number of nitrogens with zero attached hydrogens (tertiary/aromatic N) is 2. The van der Waals surface area contributed by atoms with E-state index in [9.17, 15) is 5.11 Å². The molecule has 0 atom stereocenters. The summed E-state index contributed by atoms with van der Waals surface area (Å²) < 4.78 is 5.22. The SMILES string of the molecule is COc1ccc(O)c(CN2CCN(C(C)(C)C)CC2)c1. The second-order valence-corrected chi connectivity index (χ2v) is 6.43. The molecule has 112 valence electrons. The lowest BCUT2D eigenvalue weighted by Gasteiger charge is -2.42. The normalized spacial score (nSPS) is 18.2. The Morgan fingerprint density at radius 3 is 2.35 bits per heavy atom. The van der Waals surface area contributed by atoms with Crippen molar-refractivity contribution in [1.82, 2.24) is 9.80 Å². The molecule has 0 aromatic heterocycles. The zero-order valence-corrected chi connectivity index (χ0v) is 13.0. The minimum atomic E-state index is 0.240. The lowest BCUT2D eigenvalue weighted by atomic mass is 10.0. The Balaban J connectivity index is 1.96. The summed E-state index contributed by atoms with van der Waals surface area (Å²) in [6.07, 6.45) is 0. The molecule has 1 aliphatic heterocycles. The van der Waals surface area contributed by atoms with Gasteiger partial charge in [-0.15, -0.1) is 0 Å². The van der Waals surface area contributed by atoms with Crippen LogP contribution in [0.2, 0.25) is 0 Å². The van der Waals surface area contributed by atoms with Gasteiger partial charge in [0, 0.05) is 43.8 Å². The minimum Gasteiger partial charge on any atom is -0.508 e. The van der Waals surface area contributed by atoms with Crippen molar-refractivity contribution < 1.29 is 9.84 Å². The summed E-state index contributed by atoms with van der Waals surface area (Å²) >= 11 is 0. The fourth-order valence-corrected chi connectivity index (χ4v) is 2.63. The van der Waals surface area contributed by atoms with Crippen molar-refractivity contribution in [2.24, 2.45) is 0 Å². The predicted octanol–water partition coefficient (Wildman–Crippen LogP) is 2.32. The molecule has 0 unspecified atom stereocenters. The maximum Gasteiger partial charge on any atom is 0.120 e. The third-order valence-corrected chi connectivity index (χ3v) is 4.00. The van der Waals surface area contributed by atoms with E-state index in [1.165, 1.54) is 0 Å². The van der Waals surface area contributed by atoms with Gasteiger partial charge in [-0.25, -0.2) is 0 Å². The number of piperazine rings is 1. The molecule has 2 rings (SSSR count). The highest BCUT2D eigenvalue weighted by Crippen LogP contribution is 2.25. The van der Waals surface area contributed by atoms with Gasteiger partial charge in [0.1, 0.15) is 11.5 Å². The van der Waals surface area contributed by atoms with Crippen molar-refractivity contribution >= 4 is 0 Å². The predicted molar refractivity (Wildman–Crippen MR) is 81.3 cm³/mol. The number of benzene rings is 1. The van der Waals surface area contributed by atoms with Crippen LogP contribution in [0.4, 0.5) is 0 Å². The summed E-state index contributed by atoms with van der Waals surface area (Å²) in [5.74, 6) is 1.15. The number of aromatic hydroxyl groups is 1. The zero-order valence-electron chi connectivity index (χ0n) is 13.0. The van der Waals surface area contributed by atoms with Crippen LogP contribution in [0.5, 0.6) is 11.5 Å². The summed E-state index contributed by atoms with van der Waals surface area (Å²) in [5, 5.41) is 9.95. The molecule has 4 nitrogen and oxygen atoms in total. The number of ether oxygens (including phenoxy) is 1. The zero-order chi connectivity index (χ0) is 14.8. The Kier molecular flexibility index (Phi) is 4.55. The number of phenols is 1. The first kappa shape index (κ1) is 15.1. The van der Waals surface area contributed by atoms with E-state index in [2.05, 4.69) is 30.6 Å². The van der Waals surface area contributed by atoms with Gasteiger partial charge in [0.05, 0.1) is 7.11 Å². The van der Waals surface area contributed by atoms with Gasteiger partial charge in [0.15, 0.2) is 0 Å². The standard InChI is InChI=1S/C16H26N2O2/c1-16(2,3)18-9-7-17(8-10-18)12-13-11-14(20-4)5-6-15(13)19/h5-6,11,19H,7-10,12H2,1-4H3. The Hall–Kier alpha value is -1.26. The summed E-state index contributed by atoms with van der Waals surface area (Å²) in [6.45, 7) is 11.8. The topological polar surface area (TPSA) is 35.9 Å². The molecular weight excluding hydrogens is 252 g/mol. The summed E-state index contributed by atoms with van der Waals surface area (Å²) in [4.78, 5) is 4.89. The molecule has 1 aromatic rings. The largest absolute Gasteiger partial charge is 0.508 e. The third kappa shape index (κ3) is 3.64. The van der Waals surface area contributed by atoms with Gasteiger partial charge < -0.3 is 9.84 Å². The fourth-order valence-electron chi connectivity index (χ4n) is 2.63. The monoisotopic (exact) mass is 278 g/mol. The number of hydrogen-bond donors (Lipinski definition) is 1. The second-order valence-electron chi connectivity index (χ2n) is 6.43. The summed E-state index contributed by atoms with van der Waals surface area (Å²) in [7, 11) is 1.65. The first-order valence-electron chi connectivity index (χ1n) is 7.23. The number of methoxy groups -OCH3 is 1. The van der Waals surface area contributed by atoms with Gasteiger partial charge >= 0.3 is 0 Å². The molecule has 0 bridgehead atoms. The number of phenolic OH excluding ortho intramolecular Hbond substituents is 1. The number of rotatable bonds is 3. The lowest BCUT2D eigenvalue weighted by molar-refractivity contribution is 0.0587. The number of hydrogen-bond acceptors (Lipinski definition) is 4. The van der Waals surface area contributed by atoms with Crippen molar-refractivity contribution in [2.75, 3.05) is 33.3 Å². The lowest BCUT2D eigenvalue weighted by Crippen LogP contribution is -2.53. The molecule has 0 spiro atoms. The van der Waals surface area contributed by atoms with Crippen LogP contribution in [0.15, 0.2) is 18.2 Å². The molecular formula is C16H26N2O2. The summed E-state index contributed by atoms with van der Waals surface area (Å²) in [5.41, 5.74) is 1.18. The Morgan fingerprint density at radius 2 is 1.80 bits per heavy atom. The molecule has 1 aromatic carbocycles. The molecule has 1 N–H and O–H groups in total. The Labute approximate surface area is 122 Å². The molecule has 4 heteroatoms. The highest BCUT2D eigenvalue weighted by atomic mass is 16.5. The van der Waals surface area contributed by atoms with E-state index >= 15 is 0 Å². The third-order valence-electron chi connectivity index (χ3n) is 4.00. The van der Waals surface area contributed by atoms with E-state index in [0.29, 0.717) is 5.75 Å². The minimum absolute atomic E-state index is 0.240. The maximum absolute atomic E-state index is 9.95. The van der Waals surface area contributed by atoms with Gasteiger partial charge in [0.25, 0.3) is 0 Å². The van der Waals surface area contributed by atoms with Gasteiger partial charge in [0.2, 0.25) is 0 Å². The molecule has 1 heterocycles. The first-order chi connectivity index (χ1) is 9.40. The van der Waals surface area contributed by atoms with Gasteiger partial charge in [-0.3, -0.25) is 9.80 Å². The highest BCUT2D eigenvalue weighted by molar-refractivity contribution is 5.39.